The highest BCUT2D eigenvalue weighted by Crippen LogP contribution is 2.33. The van der Waals surface area contributed by atoms with Crippen LogP contribution in [0.5, 0.6) is 0 Å². The molecule has 0 bridgehead atoms. The fraction of sp³-hybridized carbons (Fsp3) is 0.0769. The van der Waals surface area contributed by atoms with E-state index in [1.807, 2.05) is 24.5 Å². The molecule has 3 aromatic carbocycles. The summed E-state index contributed by atoms with van der Waals surface area (Å²) in [5.41, 5.74) is 3.54. The van der Waals surface area contributed by atoms with Gasteiger partial charge in [0.15, 0.2) is 0 Å². The normalized spacial score (nSPS) is 10.9. The molecule has 0 atom stereocenters. The van der Waals surface area contributed by atoms with E-state index in [-0.39, 0.29) is 0 Å². The first kappa shape index (κ1) is 18.5. The number of benzene rings is 3. The fourth-order valence-corrected chi connectivity index (χ4v) is 4.58. The summed E-state index contributed by atoms with van der Waals surface area (Å²) in [4.78, 5) is 12.9. The minimum atomic E-state index is 0.743. The number of rotatable bonds is 6. The molecule has 0 saturated heterocycles. The van der Waals surface area contributed by atoms with E-state index in [1.54, 1.807) is 11.3 Å². The van der Waals surface area contributed by atoms with E-state index >= 15 is 0 Å². The SMILES string of the molecule is c1ccc(CN(Cc2ccccc2)c2ncc(-c3cc4ccccc4s3)cn2)cc1. The Hall–Kier alpha value is -3.50. The average Bonchev–Trinajstić information content (AvgIpc) is 3.25. The van der Waals surface area contributed by atoms with Crippen LogP contribution >= 0.6 is 11.3 Å². The lowest BCUT2D eigenvalue weighted by atomic mass is 10.2. The van der Waals surface area contributed by atoms with Gasteiger partial charge in [0.1, 0.15) is 0 Å². The van der Waals surface area contributed by atoms with E-state index in [2.05, 4.69) is 83.8 Å². The van der Waals surface area contributed by atoms with Crippen LogP contribution in [0.1, 0.15) is 11.1 Å². The quantitative estimate of drug-likeness (QED) is 0.319. The van der Waals surface area contributed by atoms with Gasteiger partial charge in [0.2, 0.25) is 5.95 Å². The second-order valence-corrected chi connectivity index (χ2v) is 8.33. The molecule has 0 aliphatic heterocycles. The van der Waals surface area contributed by atoms with Crippen LogP contribution in [0.2, 0.25) is 0 Å². The lowest BCUT2D eigenvalue weighted by Gasteiger charge is -2.23. The van der Waals surface area contributed by atoms with Gasteiger partial charge in [0.25, 0.3) is 0 Å². The van der Waals surface area contributed by atoms with Crippen molar-refractivity contribution in [3.8, 4) is 10.4 Å². The van der Waals surface area contributed by atoms with Crippen molar-refractivity contribution in [3.05, 3.63) is 115 Å². The molecule has 0 N–H and O–H groups in total. The summed E-state index contributed by atoms with van der Waals surface area (Å²) in [6.45, 7) is 1.52. The van der Waals surface area contributed by atoms with Crippen LogP contribution in [0.25, 0.3) is 20.5 Å². The van der Waals surface area contributed by atoms with Crippen molar-refractivity contribution in [2.45, 2.75) is 13.1 Å². The molecule has 30 heavy (non-hydrogen) atoms. The Balaban J connectivity index is 1.44. The van der Waals surface area contributed by atoms with Crippen LogP contribution in [-0.2, 0) is 13.1 Å². The predicted molar refractivity (Wildman–Crippen MR) is 126 cm³/mol. The third-order valence-electron chi connectivity index (χ3n) is 5.06. The van der Waals surface area contributed by atoms with Crippen molar-refractivity contribution in [1.29, 1.82) is 0 Å². The highest BCUT2D eigenvalue weighted by molar-refractivity contribution is 7.22. The molecule has 3 nitrogen and oxygen atoms in total. The second kappa shape index (κ2) is 8.47. The number of fused-ring (bicyclic) bond motifs is 1. The largest absolute Gasteiger partial charge is 0.332 e. The maximum atomic E-state index is 4.74. The minimum Gasteiger partial charge on any atom is -0.332 e. The molecule has 0 aliphatic rings. The molecular formula is C26H21N3S. The molecule has 4 heteroatoms. The van der Waals surface area contributed by atoms with Gasteiger partial charge in [-0.15, -0.1) is 11.3 Å². The first-order chi connectivity index (χ1) is 14.8. The molecule has 5 aromatic rings. The van der Waals surface area contributed by atoms with Gasteiger partial charge in [-0.3, -0.25) is 0 Å². The molecular weight excluding hydrogens is 386 g/mol. The van der Waals surface area contributed by atoms with Gasteiger partial charge in [-0.05, 0) is 28.6 Å². The van der Waals surface area contributed by atoms with Gasteiger partial charge in [0.05, 0.1) is 0 Å². The van der Waals surface area contributed by atoms with Crippen LogP contribution < -0.4 is 4.90 Å². The Morgan fingerprint density at radius 2 is 1.23 bits per heavy atom. The van der Waals surface area contributed by atoms with E-state index in [0.29, 0.717) is 0 Å². The fourth-order valence-electron chi connectivity index (χ4n) is 3.54. The maximum Gasteiger partial charge on any atom is 0.225 e. The van der Waals surface area contributed by atoms with Gasteiger partial charge >= 0.3 is 0 Å². The Kier molecular flexibility index (Phi) is 5.23. The van der Waals surface area contributed by atoms with Gasteiger partial charge in [-0.1, -0.05) is 78.9 Å². The molecule has 0 fully saturated rings. The number of hydrogen-bond acceptors (Lipinski definition) is 4. The topological polar surface area (TPSA) is 29.0 Å². The summed E-state index contributed by atoms with van der Waals surface area (Å²) in [7, 11) is 0. The van der Waals surface area contributed by atoms with Crippen molar-refractivity contribution >= 4 is 27.4 Å². The van der Waals surface area contributed by atoms with Gasteiger partial charge in [-0.25, -0.2) is 9.97 Å². The van der Waals surface area contributed by atoms with Crippen molar-refractivity contribution in [3.63, 3.8) is 0 Å². The summed E-state index contributed by atoms with van der Waals surface area (Å²) in [5.74, 6) is 0.743. The van der Waals surface area contributed by atoms with Gasteiger partial charge in [0, 0.05) is 40.6 Å². The summed E-state index contributed by atoms with van der Waals surface area (Å²) in [5, 5.41) is 1.26. The second-order valence-electron chi connectivity index (χ2n) is 7.25. The highest BCUT2D eigenvalue weighted by Gasteiger charge is 2.13. The monoisotopic (exact) mass is 407 g/mol. The van der Waals surface area contributed by atoms with E-state index in [9.17, 15) is 0 Å². The lowest BCUT2D eigenvalue weighted by molar-refractivity contribution is 0.764. The zero-order chi connectivity index (χ0) is 20.2. The predicted octanol–water partition coefficient (Wildman–Crippen LogP) is 6.57. The third kappa shape index (κ3) is 4.09. The molecule has 0 spiro atoms. The first-order valence-electron chi connectivity index (χ1n) is 9.99. The standard InChI is InChI=1S/C26H21N3S/c1-3-9-20(10-4-1)18-29(19-21-11-5-2-6-12-21)26-27-16-23(17-28-26)25-15-22-13-7-8-14-24(22)30-25/h1-17H,18-19H2. The Morgan fingerprint density at radius 1 is 0.667 bits per heavy atom. The molecule has 146 valence electrons. The van der Waals surface area contributed by atoms with Crippen LogP contribution in [-0.4, -0.2) is 9.97 Å². The molecule has 0 amide bonds. The zero-order valence-corrected chi connectivity index (χ0v) is 17.3. The summed E-state index contributed by atoms with van der Waals surface area (Å²) >= 11 is 1.78. The lowest BCUT2D eigenvalue weighted by Crippen LogP contribution is -2.24. The summed E-state index contributed by atoms with van der Waals surface area (Å²) in [6.07, 6.45) is 3.88. The Labute approximate surface area is 180 Å². The van der Waals surface area contributed by atoms with E-state index in [1.165, 1.54) is 26.1 Å². The van der Waals surface area contributed by atoms with Crippen molar-refractivity contribution < 1.29 is 0 Å². The van der Waals surface area contributed by atoms with Crippen LogP contribution in [0, 0.1) is 0 Å². The Morgan fingerprint density at radius 3 is 1.83 bits per heavy atom. The van der Waals surface area contributed by atoms with E-state index < -0.39 is 0 Å². The zero-order valence-electron chi connectivity index (χ0n) is 16.5. The summed E-state index contributed by atoms with van der Waals surface area (Å²) in [6, 6.07) is 31.6. The molecule has 0 saturated carbocycles. The number of thiophene rings is 1. The highest BCUT2D eigenvalue weighted by atomic mass is 32.1. The minimum absolute atomic E-state index is 0.743. The molecule has 5 rings (SSSR count). The van der Waals surface area contributed by atoms with E-state index in [0.717, 1.165) is 24.6 Å². The number of hydrogen-bond donors (Lipinski definition) is 0. The van der Waals surface area contributed by atoms with Crippen molar-refractivity contribution in [1.82, 2.24) is 9.97 Å². The number of aromatic nitrogens is 2. The molecule has 0 radical (unpaired) electrons. The number of anilines is 1. The summed E-state index contributed by atoms with van der Waals surface area (Å²) < 4.78 is 1.28. The molecule has 0 unspecified atom stereocenters. The molecule has 0 aliphatic carbocycles. The smallest absolute Gasteiger partial charge is 0.225 e. The number of nitrogens with zero attached hydrogens (tertiary/aromatic N) is 3. The Bertz CT molecular complexity index is 1160. The van der Waals surface area contributed by atoms with Gasteiger partial charge < -0.3 is 4.90 Å². The third-order valence-corrected chi connectivity index (χ3v) is 6.23. The molecule has 2 heterocycles. The molecule has 2 aromatic heterocycles. The maximum absolute atomic E-state index is 4.74. The van der Waals surface area contributed by atoms with E-state index in [4.69, 9.17) is 9.97 Å². The van der Waals surface area contributed by atoms with Crippen LogP contribution in [0.15, 0.2) is 103 Å². The first-order valence-corrected chi connectivity index (χ1v) is 10.8. The van der Waals surface area contributed by atoms with Crippen LogP contribution in [0.3, 0.4) is 0 Å². The van der Waals surface area contributed by atoms with Gasteiger partial charge in [-0.2, -0.15) is 0 Å². The van der Waals surface area contributed by atoms with Crippen molar-refractivity contribution in [2.24, 2.45) is 0 Å². The average molecular weight is 408 g/mol. The van der Waals surface area contributed by atoms with Crippen LogP contribution in [0.4, 0.5) is 5.95 Å². The van der Waals surface area contributed by atoms with Crippen molar-refractivity contribution in [2.75, 3.05) is 4.90 Å².